The maximum absolute atomic E-state index is 11.7. The van der Waals surface area contributed by atoms with E-state index < -0.39 is 11.8 Å². The first-order valence-electron chi connectivity index (χ1n) is 5.02. The molecule has 2 rings (SSSR count). The maximum atomic E-state index is 11.7. The molecule has 0 aliphatic heterocycles. The molecular weight excluding hydrogens is 300 g/mol. The third-order valence-corrected chi connectivity index (χ3v) is 2.81. The van der Waals surface area contributed by atoms with Crippen LogP contribution in [0.2, 0.25) is 0 Å². The summed E-state index contributed by atoms with van der Waals surface area (Å²) in [5.41, 5.74) is 5.75. The minimum atomic E-state index is -0.776. The van der Waals surface area contributed by atoms with Gasteiger partial charge in [0.1, 0.15) is 5.69 Å². The van der Waals surface area contributed by atoms with Crippen LogP contribution in [0.1, 0.15) is 21.1 Å². The van der Waals surface area contributed by atoms with Crippen molar-refractivity contribution in [1.29, 1.82) is 0 Å². The molecule has 0 unspecified atom stereocenters. The van der Waals surface area contributed by atoms with Gasteiger partial charge in [-0.15, -0.1) is 0 Å². The molecule has 0 aliphatic carbocycles. The molecule has 0 aliphatic rings. The summed E-state index contributed by atoms with van der Waals surface area (Å²) in [4.78, 5) is 30.8. The lowest BCUT2D eigenvalue weighted by Crippen LogP contribution is -2.23. The molecule has 18 heavy (non-hydrogen) atoms. The Bertz CT molecular complexity index is 657. The molecule has 1 heterocycles. The van der Waals surface area contributed by atoms with E-state index in [0.717, 1.165) is 4.47 Å². The summed E-state index contributed by atoms with van der Waals surface area (Å²) in [5, 5.41) is 3.02. The van der Waals surface area contributed by atoms with Crippen LogP contribution < -0.4 is 11.1 Å². The van der Waals surface area contributed by atoms with E-state index in [-0.39, 0.29) is 11.5 Å². The second-order valence-electron chi connectivity index (χ2n) is 3.50. The Balaban J connectivity index is 2.80. The number of amides is 2. The average Bonchev–Trinajstić information content (AvgIpc) is 2.35. The Labute approximate surface area is 111 Å². The smallest absolute Gasteiger partial charge is 0.286 e. The highest BCUT2D eigenvalue weighted by atomic mass is 79.9. The van der Waals surface area contributed by atoms with Crippen molar-refractivity contribution in [2.24, 2.45) is 5.73 Å². The predicted octanol–water partition coefficient (Wildman–Crippen LogP) is 0.851. The summed E-state index contributed by atoms with van der Waals surface area (Å²) in [6.07, 6.45) is 0. The van der Waals surface area contributed by atoms with Gasteiger partial charge in [0, 0.05) is 16.9 Å². The molecule has 92 valence electrons. The zero-order valence-corrected chi connectivity index (χ0v) is 11.0. The largest absolute Gasteiger partial charge is 0.363 e. The van der Waals surface area contributed by atoms with Gasteiger partial charge in [0.15, 0.2) is 0 Å². The van der Waals surface area contributed by atoms with Crippen molar-refractivity contribution in [3.8, 4) is 0 Å². The van der Waals surface area contributed by atoms with Crippen molar-refractivity contribution < 1.29 is 9.59 Å². The number of benzene rings is 1. The van der Waals surface area contributed by atoms with Gasteiger partial charge < -0.3 is 11.1 Å². The lowest BCUT2D eigenvalue weighted by Gasteiger charge is -2.06. The minimum Gasteiger partial charge on any atom is -0.363 e. The van der Waals surface area contributed by atoms with E-state index >= 15 is 0 Å². The van der Waals surface area contributed by atoms with Gasteiger partial charge in [-0.1, -0.05) is 15.9 Å². The van der Waals surface area contributed by atoms with E-state index in [2.05, 4.69) is 31.2 Å². The van der Waals surface area contributed by atoms with Gasteiger partial charge >= 0.3 is 0 Å². The molecule has 0 bridgehead atoms. The maximum Gasteiger partial charge on any atom is 0.286 e. The number of carbonyl (C=O) groups is 2. The lowest BCUT2D eigenvalue weighted by molar-refractivity contribution is 0.0959. The van der Waals surface area contributed by atoms with E-state index in [4.69, 9.17) is 5.73 Å². The third-order valence-electron chi connectivity index (χ3n) is 2.32. The number of aromatic nitrogens is 2. The predicted molar refractivity (Wildman–Crippen MR) is 69.1 cm³/mol. The fourth-order valence-corrected chi connectivity index (χ4v) is 1.85. The topological polar surface area (TPSA) is 98.0 Å². The monoisotopic (exact) mass is 308 g/mol. The fourth-order valence-electron chi connectivity index (χ4n) is 1.50. The Morgan fingerprint density at radius 2 is 2.06 bits per heavy atom. The summed E-state index contributed by atoms with van der Waals surface area (Å²) in [7, 11) is 1.49. The van der Waals surface area contributed by atoms with Gasteiger partial charge in [-0.05, 0) is 18.2 Å². The van der Waals surface area contributed by atoms with Gasteiger partial charge in [-0.2, -0.15) is 0 Å². The average molecular weight is 309 g/mol. The van der Waals surface area contributed by atoms with Crippen LogP contribution in [0.5, 0.6) is 0 Å². The first-order valence-corrected chi connectivity index (χ1v) is 5.81. The van der Waals surface area contributed by atoms with Crippen LogP contribution in [-0.4, -0.2) is 28.8 Å². The summed E-state index contributed by atoms with van der Waals surface area (Å²) >= 11 is 3.30. The van der Waals surface area contributed by atoms with Crippen LogP contribution in [-0.2, 0) is 0 Å². The Hall–Kier alpha value is -2.02. The van der Waals surface area contributed by atoms with Crippen molar-refractivity contribution in [3.05, 3.63) is 34.2 Å². The zero-order chi connectivity index (χ0) is 13.3. The number of nitrogens with two attached hydrogens (primary N) is 1. The van der Waals surface area contributed by atoms with Crippen LogP contribution in [0.4, 0.5) is 0 Å². The molecule has 0 radical (unpaired) electrons. The van der Waals surface area contributed by atoms with E-state index in [1.807, 2.05) is 0 Å². The molecule has 0 saturated heterocycles. The van der Waals surface area contributed by atoms with Crippen molar-refractivity contribution in [3.63, 3.8) is 0 Å². The number of rotatable bonds is 2. The van der Waals surface area contributed by atoms with E-state index in [1.165, 1.54) is 7.05 Å². The number of nitrogens with one attached hydrogen (secondary N) is 1. The Morgan fingerprint density at radius 3 is 2.67 bits per heavy atom. The van der Waals surface area contributed by atoms with Crippen LogP contribution >= 0.6 is 15.9 Å². The number of hydrogen-bond donors (Lipinski definition) is 2. The molecule has 1 aromatic heterocycles. The molecule has 2 aromatic rings. The number of halogens is 1. The van der Waals surface area contributed by atoms with E-state index in [0.29, 0.717) is 10.9 Å². The standard InChI is InChI=1S/C11H9BrN4O2/c1-14-11(18)8-6-3-2-5(12)4-7(6)15-10(16-8)9(13)17/h2-4H,1H3,(H2,13,17)(H,14,18). The van der Waals surface area contributed by atoms with Gasteiger partial charge in [-0.3, -0.25) is 9.59 Å². The number of primary amides is 1. The summed E-state index contributed by atoms with van der Waals surface area (Å²) in [6, 6.07) is 5.16. The molecule has 0 spiro atoms. The first kappa shape index (κ1) is 12.4. The lowest BCUT2D eigenvalue weighted by atomic mass is 10.1. The van der Waals surface area contributed by atoms with Crippen LogP contribution in [0.15, 0.2) is 22.7 Å². The normalized spacial score (nSPS) is 10.3. The number of fused-ring (bicyclic) bond motifs is 1. The molecule has 6 nitrogen and oxygen atoms in total. The Kier molecular flexibility index (Phi) is 3.24. The van der Waals surface area contributed by atoms with Gasteiger partial charge in [0.25, 0.3) is 11.8 Å². The van der Waals surface area contributed by atoms with Crippen LogP contribution in [0, 0.1) is 0 Å². The molecule has 2 amide bonds. The molecule has 1 aromatic carbocycles. The molecule has 0 atom stereocenters. The van der Waals surface area contributed by atoms with Gasteiger partial charge in [-0.25, -0.2) is 9.97 Å². The van der Waals surface area contributed by atoms with Crippen molar-refractivity contribution in [2.45, 2.75) is 0 Å². The van der Waals surface area contributed by atoms with E-state index in [1.54, 1.807) is 18.2 Å². The third kappa shape index (κ3) is 2.17. The molecule has 7 heteroatoms. The highest BCUT2D eigenvalue weighted by molar-refractivity contribution is 9.10. The highest BCUT2D eigenvalue weighted by Crippen LogP contribution is 2.20. The van der Waals surface area contributed by atoms with Crippen LogP contribution in [0.25, 0.3) is 10.9 Å². The Morgan fingerprint density at radius 1 is 1.33 bits per heavy atom. The van der Waals surface area contributed by atoms with Crippen molar-refractivity contribution >= 4 is 38.6 Å². The summed E-state index contributed by atoms with van der Waals surface area (Å²) in [5.74, 6) is -1.35. The van der Waals surface area contributed by atoms with E-state index in [9.17, 15) is 9.59 Å². The van der Waals surface area contributed by atoms with Crippen molar-refractivity contribution in [1.82, 2.24) is 15.3 Å². The molecule has 3 N–H and O–H groups in total. The van der Waals surface area contributed by atoms with Crippen LogP contribution in [0.3, 0.4) is 0 Å². The minimum absolute atomic E-state index is 0.129. The number of nitrogens with zero attached hydrogens (tertiary/aromatic N) is 2. The van der Waals surface area contributed by atoms with Gasteiger partial charge in [0.05, 0.1) is 5.52 Å². The summed E-state index contributed by atoms with van der Waals surface area (Å²) in [6.45, 7) is 0. The summed E-state index contributed by atoms with van der Waals surface area (Å²) < 4.78 is 0.784. The second kappa shape index (κ2) is 4.69. The number of hydrogen-bond acceptors (Lipinski definition) is 4. The van der Waals surface area contributed by atoms with Crippen molar-refractivity contribution in [2.75, 3.05) is 7.05 Å². The SMILES string of the molecule is CNC(=O)c1nc(C(N)=O)nc2cc(Br)ccc12. The zero-order valence-electron chi connectivity index (χ0n) is 9.40. The molecule has 0 saturated carbocycles. The fraction of sp³-hybridized carbons (Fsp3) is 0.0909. The quantitative estimate of drug-likeness (QED) is 0.859. The highest BCUT2D eigenvalue weighted by Gasteiger charge is 2.16. The first-order chi connectivity index (χ1) is 8.52. The second-order valence-corrected chi connectivity index (χ2v) is 4.42. The number of carbonyl (C=O) groups excluding carboxylic acids is 2. The molecule has 0 fully saturated rings. The van der Waals surface area contributed by atoms with Gasteiger partial charge in [0.2, 0.25) is 5.82 Å². The molecular formula is C11H9BrN4O2.